The summed E-state index contributed by atoms with van der Waals surface area (Å²) >= 11 is 5.87. The smallest absolute Gasteiger partial charge is 0.340 e. The normalized spacial score (nSPS) is 18.6. The van der Waals surface area contributed by atoms with Crippen molar-refractivity contribution in [2.24, 2.45) is 11.1 Å². The molecule has 7 nitrogen and oxygen atoms in total. The van der Waals surface area contributed by atoms with Crippen LogP contribution in [-0.2, 0) is 19.6 Å². The monoisotopic (exact) mass is 346 g/mol. The zero-order valence-corrected chi connectivity index (χ0v) is 13.4. The number of ether oxygens (including phenoxy) is 1. The molecule has 1 saturated heterocycles. The average molecular weight is 347 g/mol. The van der Waals surface area contributed by atoms with Crippen LogP contribution < -0.4 is 10.0 Å². The lowest BCUT2D eigenvalue weighted by atomic mass is 10.1. The molecule has 1 aliphatic rings. The van der Waals surface area contributed by atoms with E-state index in [-0.39, 0.29) is 30.2 Å². The highest BCUT2D eigenvalue weighted by molar-refractivity contribution is 7.89. The Labute approximate surface area is 133 Å². The molecule has 1 unspecified atom stereocenters. The molecule has 0 bridgehead atoms. The summed E-state index contributed by atoms with van der Waals surface area (Å²) in [4.78, 5) is 25.3. The highest BCUT2D eigenvalue weighted by atomic mass is 35.5. The number of esters is 1. The second-order valence-electron chi connectivity index (χ2n) is 5.06. The van der Waals surface area contributed by atoms with Gasteiger partial charge in [-0.15, -0.1) is 0 Å². The Hall–Kier alpha value is -1.64. The molecule has 1 atom stereocenters. The summed E-state index contributed by atoms with van der Waals surface area (Å²) < 4.78 is 27.0. The van der Waals surface area contributed by atoms with Gasteiger partial charge in [0.15, 0.2) is 0 Å². The fourth-order valence-electron chi connectivity index (χ4n) is 2.47. The summed E-state index contributed by atoms with van der Waals surface area (Å²) in [6, 6.07) is 4.48. The number of halogens is 1. The molecule has 0 saturated carbocycles. The Morgan fingerprint density at radius 1 is 1.50 bits per heavy atom. The fraction of sp³-hybridized carbons (Fsp3) is 0.385. The number of carbonyl (C=O) groups excluding carboxylic acids is 2. The molecule has 9 heteroatoms. The molecule has 2 rings (SSSR count). The third kappa shape index (κ3) is 3.76. The second kappa shape index (κ2) is 6.23. The first-order valence-electron chi connectivity index (χ1n) is 6.40. The minimum atomic E-state index is -3.67. The largest absolute Gasteiger partial charge is 0.465 e. The van der Waals surface area contributed by atoms with Crippen molar-refractivity contribution in [1.29, 1.82) is 0 Å². The van der Waals surface area contributed by atoms with Crippen molar-refractivity contribution in [3.05, 3.63) is 28.8 Å². The number of nitrogens with zero attached hydrogens (tertiary/aromatic N) is 1. The first-order valence-corrected chi connectivity index (χ1v) is 8.49. The minimum absolute atomic E-state index is 0.0552. The van der Waals surface area contributed by atoms with E-state index in [9.17, 15) is 18.0 Å². The first-order chi connectivity index (χ1) is 10.2. The van der Waals surface area contributed by atoms with Crippen molar-refractivity contribution in [3.8, 4) is 0 Å². The molecule has 1 amide bonds. The van der Waals surface area contributed by atoms with Gasteiger partial charge in [0, 0.05) is 23.9 Å². The molecule has 0 aromatic heterocycles. The number of primary sulfonamides is 1. The lowest BCUT2D eigenvalue weighted by molar-refractivity contribution is -0.117. The van der Waals surface area contributed by atoms with Crippen molar-refractivity contribution in [3.63, 3.8) is 0 Å². The first kappa shape index (κ1) is 16.7. The number of sulfonamides is 1. The zero-order valence-electron chi connectivity index (χ0n) is 11.8. The van der Waals surface area contributed by atoms with Crippen LogP contribution in [0.2, 0.25) is 5.02 Å². The predicted octanol–water partition coefficient (Wildman–Crippen LogP) is 0.768. The van der Waals surface area contributed by atoms with Crippen molar-refractivity contribution in [1.82, 2.24) is 0 Å². The fourth-order valence-corrected chi connectivity index (χ4v) is 3.52. The summed E-state index contributed by atoms with van der Waals surface area (Å²) in [5.41, 5.74) is 0.498. The van der Waals surface area contributed by atoms with Gasteiger partial charge in [-0.3, -0.25) is 4.79 Å². The summed E-state index contributed by atoms with van der Waals surface area (Å²) in [5, 5.41) is 5.35. The topological polar surface area (TPSA) is 107 Å². The lowest BCUT2D eigenvalue weighted by Crippen LogP contribution is -2.28. The summed E-state index contributed by atoms with van der Waals surface area (Å²) in [6.07, 6.45) is 0.0552. The molecule has 22 heavy (non-hydrogen) atoms. The number of hydrogen-bond donors (Lipinski definition) is 1. The van der Waals surface area contributed by atoms with Gasteiger partial charge in [-0.25, -0.2) is 18.4 Å². The number of hydrogen-bond acceptors (Lipinski definition) is 5. The SMILES string of the molecule is COC(=O)c1cc(Cl)ccc1N1CC(CS(N)(=O)=O)CC1=O. The Kier molecular flexibility index (Phi) is 4.74. The van der Waals surface area contributed by atoms with Crippen molar-refractivity contribution in [2.75, 3.05) is 24.3 Å². The van der Waals surface area contributed by atoms with Crippen LogP contribution >= 0.6 is 11.6 Å². The maximum Gasteiger partial charge on any atom is 0.340 e. The van der Waals surface area contributed by atoms with E-state index < -0.39 is 21.9 Å². The third-order valence-electron chi connectivity index (χ3n) is 3.33. The highest BCUT2D eigenvalue weighted by Crippen LogP contribution is 2.30. The Morgan fingerprint density at radius 2 is 2.18 bits per heavy atom. The Bertz CT molecular complexity index is 719. The maximum absolute atomic E-state index is 12.1. The van der Waals surface area contributed by atoms with Crippen molar-refractivity contribution < 1.29 is 22.7 Å². The molecular formula is C13H15ClN2O5S. The van der Waals surface area contributed by atoms with Gasteiger partial charge in [0.1, 0.15) is 0 Å². The van der Waals surface area contributed by atoms with Crippen LogP contribution in [0, 0.1) is 5.92 Å². The minimum Gasteiger partial charge on any atom is -0.465 e. The molecule has 2 N–H and O–H groups in total. The summed E-state index contributed by atoms with van der Waals surface area (Å²) in [7, 11) is -2.44. The Morgan fingerprint density at radius 3 is 2.77 bits per heavy atom. The van der Waals surface area contributed by atoms with E-state index in [1.165, 1.54) is 24.1 Å². The molecule has 0 aliphatic carbocycles. The number of methoxy groups -OCH3 is 1. The van der Waals surface area contributed by atoms with E-state index in [0.29, 0.717) is 10.7 Å². The zero-order chi connectivity index (χ0) is 16.5. The van der Waals surface area contributed by atoms with E-state index in [2.05, 4.69) is 4.74 Å². The van der Waals surface area contributed by atoms with E-state index >= 15 is 0 Å². The quantitative estimate of drug-likeness (QED) is 0.810. The van der Waals surface area contributed by atoms with Gasteiger partial charge < -0.3 is 9.64 Å². The van der Waals surface area contributed by atoms with Gasteiger partial charge in [0.25, 0.3) is 0 Å². The molecule has 1 aliphatic heterocycles. The number of carbonyl (C=O) groups is 2. The maximum atomic E-state index is 12.1. The van der Waals surface area contributed by atoms with E-state index in [4.69, 9.17) is 16.7 Å². The van der Waals surface area contributed by atoms with Gasteiger partial charge in [-0.05, 0) is 18.2 Å². The molecule has 120 valence electrons. The number of nitrogens with two attached hydrogens (primary N) is 1. The summed E-state index contributed by atoms with van der Waals surface area (Å²) in [6.45, 7) is 0.168. The van der Waals surface area contributed by atoms with Crippen LogP contribution in [0.1, 0.15) is 16.8 Å². The van der Waals surface area contributed by atoms with Crippen LogP contribution in [0.3, 0.4) is 0 Å². The van der Waals surface area contributed by atoms with E-state index in [0.717, 1.165) is 0 Å². The average Bonchev–Trinajstić information content (AvgIpc) is 2.76. The van der Waals surface area contributed by atoms with Crippen molar-refractivity contribution >= 4 is 39.2 Å². The number of anilines is 1. The third-order valence-corrected chi connectivity index (χ3v) is 4.50. The number of benzene rings is 1. The van der Waals surface area contributed by atoms with Crippen LogP contribution in [-0.4, -0.2) is 39.7 Å². The predicted molar refractivity (Wildman–Crippen MR) is 81.2 cm³/mol. The molecule has 0 radical (unpaired) electrons. The van der Waals surface area contributed by atoms with Gasteiger partial charge in [-0.1, -0.05) is 11.6 Å². The van der Waals surface area contributed by atoms with Gasteiger partial charge >= 0.3 is 5.97 Å². The van der Waals surface area contributed by atoms with Gasteiger partial charge in [0.2, 0.25) is 15.9 Å². The molecular weight excluding hydrogens is 332 g/mol. The van der Waals surface area contributed by atoms with E-state index in [1.807, 2.05) is 0 Å². The van der Waals surface area contributed by atoms with Crippen LogP contribution in [0.5, 0.6) is 0 Å². The van der Waals surface area contributed by atoms with Crippen LogP contribution in [0.25, 0.3) is 0 Å². The molecule has 0 spiro atoms. The van der Waals surface area contributed by atoms with Crippen LogP contribution in [0.4, 0.5) is 5.69 Å². The van der Waals surface area contributed by atoms with Crippen LogP contribution in [0.15, 0.2) is 18.2 Å². The van der Waals surface area contributed by atoms with E-state index in [1.54, 1.807) is 6.07 Å². The highest BCUT2D eigenvalue weighted by Gasteiger charge is 2.34. The molecule has 1 aromatic rings. The Balaban J connectivity index is 2.32. The molecule has 1 aromatic carbocycles. The standard InChI is InChI=1S/C13H15ClN2O5S/c1-21-13(18)10-5-9(14)2-3-11(10)16-6-8(4-12(16)17)7-22(15,19)20/h2-3,5,8H,4,6-7H2,1H3,(H2,15,19,20). The molecule has 1 heterocycles. The van der Waals surface area contributed by atoms with Gasteiger partial charge in [-0.2, -0.15) is 0 Å². The second-order valence-corrected chi connectivity index (χ2v) is 7.15. The van der Waals surface area contributed by atoms with Crippen molar-refractivity contribution in [2.45, 2.75) is 6.42 Å². The van der Waals surface area contributed by atoms with Gasteiger partial charge in [0.05, 0.1) is 24.1 Å². The lowest BCUT2D eigenvalue weighted by Gasteiger charge is -2.19. The molecule has 1 fully saturated rings. The number of rotatable bonds is 4. The summed E-state index contributed by atoms with van der Waals surface area (Å²) in [5.74, 6) is -1.60. The number of amides is 1.